The third kappa shape index (κ3) is 8.88. The molecule has 0 fully saturated rings. The van der Waals surface area contributed by atoms with E-state index in [0.29, 0.717) is 0 Å². The van der Waals surface area contributed by atoms with Crippen LogP contribution >= 0.6 is 0 Å². The SMILES string of the molecule is CC(=O)CC(C)=O.[Ir].c1ccc(-c2ccc3ccccc3n2)cc1.c1ccc(-c2ccc3ccccc3n2)cc1. The molecule has 6 aromatic rings. The van der Waals surface area contributed by atoms with Crippen molar-refractivity contribution >= 4 is 33.4 Å². The van der Waals surface area contributed by atoms with Crippen molar-refractivity contribution in [2.24, 2.45) is 0 Å². The van der Waals surface area contributed by atoms with E-state index >= 15 is 0 Å². The normalized spacial score (nSPS) is 9.85. The van der Waals surface area contributed by atoms with Crippen LogP contribution in [0.2, 0.25) is 0 Å². The van der Waals surface area contributed by atoms with Gasteiger partial charge in [0.25, 0.3) is 0 Å². The van der Waals surface area contributed by atoms with Gasteiger partial charge >= 0.3 is 0 Å². The Bertz CT molecular complexity index is 1560. The molecule has 201 valence electrons. The number of carbonyl (C=O) groups excluding carboxylic acids is 2. The van der Waals surface area contributed by atoms with E-state index in [1.54, 1.807) is 0 Å². The predicted octanol–water partition coefficient (Wildman–Crippen LogP) is 8.36. The first-order valence-corrected chi connectivity index (χ1v) is 12.8. The molecule has 1 radical (unpaired) electrons. The standard InChI is InChI=1S/2C15H11N.C5H8O2.Ir/c2*1-2-6-12(7-3-1)15-11-10-13-8-4-5-9-14(13)16-15;1-4(6)3-5(2)7;/h2*1-11H;3H2,1-2H3;. The summed E-state index contributed by atoms with van der Waals surface area (Å²) in [5.41, 5.74) is 6.47. The van der Waals surface area contributed by atoms with Gasteiger partial charge in [-0.2, -0.15) is 0 Å². The molecule has 2 heterocycles. The maximum absolute atomic E-state index is 10.0. The van der Waals surface area contributed by atoms with Gasteiger partial charge in [-0.05, 0) is 38.1 Å². The summed E-state index contributed by atoms with van der Waals surface area (Å²) in [6, 6.07) is 45.2. The molecule has 0 aliphatic rings. The minimum absolute atomic E-state index is 0. The van der Waals surface area contributed by atoms with Gasteiger partial charge in [-0.15, -0.1) is 0 Å². The van der Waals surface area contributed by atoms with E-state index in [1.807, 2.05) is 72.8 Å². The van der Waals surface area contributed by atoms with Crippen molar-refractivity contribution in [1.82, 2.24) is 9.97 Å². The fraction of sp³-hybridized carbons (Fsp3) is 0.0857. The Morgan fingerprint density at radius 3 is 1.18 bits per heavy atom. The minimum Gasteiger partial charge on any atom is -0.300 e. The molecule has 0 N–H and O–H groups in total. The van der Waals surface area contributed by atoms with E-state index in [2.05, 4.69) is 70.6 Å². The summed E-state index contributed by atoms with van der Waals surface area (Å²) in [5, 5.41) is 2.37. The van der Waals surface area contributed by atoms with Gasteiger partial charge in [0, 0.05) is 42.0 Å². The van der Waals surface area contributed by atoms with Crippen molar-refractivity contribution in [3.8, 4) is 22.5 Å². The van der Waals surface area contributed by atoms with Crippen LogP contribution < -0.4 is 0 Å². The Morgan fingerprint density at radius 2 is 0.825 bits per heavy atom. The smallest absolute Gasteiger partial charge is 0.137 e. The van der Waals surface area contributed by atoms with E-state index in [-0.39, 0.29) is 38.1 Å². The number of rotatable bonds is 4. The molecular weight excluding hydrogens is 673 g/mol. The van der Waals surface area contributed by atoms with Crippen molar-refractivity contribution in [3.63, 3.8) is 0 Å². The molecule has 0 bridgehead atoms. The van der Waals surface area contributed by atoms with Crippen LogP contribution in [0.4, 0.5) is 0 Å². The Labute approximate surface area is 248 Å². The molecule has 0 aliphatic carbocycles. The zero-order chi connectivity index (χ0) is 27.5. The van der Waals surface area contributed by atoms with Crippen LogP contribution in [-0.4, -0.2) is 21.5 Å². The second kappa shape index (κ2) is 15.3. The Balaban J connectivity index is 0.000000177. The summed E-state index contributed by atoms with van der Waals surface area (Å²) in [6.07, 6.45) is 0.0833. The number of benzene rings is 4. The van der Waals surface area contributed by atoms with Crippen LogP contribution in [0.3, 0.4) is 0 Å². The van der Waals surface area contributed by atoms with E-state index < -0.39 is 0 Å². The van der Waals surface area contributed by atoms with Crippen LogP contribution in [0.5, 0.6) is 0 Å². The Morgan fingerprint density at radius 1 is 0.475 bits per heavy atom. The first-order chi connectivity index (χ1) is 19.0. The fourth-order valence-corrected chi connectivity index (χ4v) is 4.02. The summed E-state index contributed by atoms with van der Waals surface area (Å²) in [5.74, 6) is -0.125. The number of aromatic nitrogens is 2. The molecule has 4 aromatic carbocycles. The number of nitrogens with zero attached hydrogens (tertiary/aromatic N) is 2. The van der Waals surface area contributed by atoms with Crippen LogP contribution in [-0.2, 0) is 29.7 Å². The number of fused-ring (bicyclic) bond motifs is 2. The van der Waals surface area contributed by atoms with Crippen LogP contribution in [0.25, 0.3) is 44.3 Å². The molecule has 40 heavy (non-hydrogen) atoms. The van der Waals surface area contributed by atoms with Gasteiger partial charge in [0.15, 0.2) is 0 Å². The molecule has 0 atom stereocenters. The molecule has 0 unspecified atom stereocenters. The number of hydrogen-bond donors (Lipinski definition) is 0. The average molecular weight is 703 g/mol. The van der Waals surface area contributed by atoms with Gasteiger partial charge in [-0.3, -0.25) is 9.59 Å². The van der Waals surface area contributed by atoms with Crippen molar-refractivity contribution in [2.75, 3.05) is 0 Å². The molecular formula is C35H30IrN2O2. The van der Waals surface area contributed by atoms with Crippen LogP contribution in [0.15, 0.2) is 133 Å². The monoisotopic (exact) mass is 703 g/mol. The molecule has 0 spiro atoms. The van der Waals surface area contributed by atoms with Crippen molar-refractivity contribution in [3.05, 3.63) is 133 Å². The summed E-state index contributed by atoms with van der Waals surface area (Å²) >= 11 is 0. The predicted molar refractivity (Wildman–Crippen MR) is 160 cm³/mol. The van der Waals surface area contributed by atoms with E-state index in [9.17, 15) is 9.59 Å². The third-order valence-electron chi connectivity index (χ3n) is 5.83. The fourth-order valence-electron chi connectivity index (χ4n) is 4.02. The molecule has 6 rings (SSSR count). The van der Waals surface area contributed by atoms with E-state index in [4.69, 9.17) is 0 Å². The molecule has 4 nitrogen and oxygen atoms in total. The van der Waals surface area contributed by atoms with Gasteiger partial charge in [0.1, 0.15) is 11.6 Å². The Hall–Kier alpha value is -4.31. The summed E-state index contributed by atoms with van der Waals surface area (Å²) in [6.45, 7) is 2.81. The first kappa shape index (κ1) is 30.2. The molecule has 0 saturated heterocycles. The molecule has 0 aliphatic heterocycles. The van der Waals surface area contributed by atoms with Crippen LogP contribution in [0, 0.1) is 0 Å². The molecule has 0 amide bonds. The summed E-state index contributed by atoms with van der Waals surface area (Å²) in [4.78, 5) is 29.4. The van der Waals surface area contributed by atoms with Crippen molar-refractivity contribution < 1.29 is 29.7 Å². The maximum atomic E-state index is 10.0. The molecule has 0 saturated carbocycles. The van der Waals surface area contributed by atoms with Crippen molar-refractivity contribution in [2.45, 2.75) is 20.3 Å². The van der Waals surface area contributed by atoms with Gasteiger partial charge in [-0.25, -0.2) is 9.97 Å². The first-order valence-electron chi connectivity index (χ1n) is 12.8. The van der Waals surface area contributed by atoms with Gasteiger partial charge in [0.2, 0.25) is 0 Å². The van der Waals surface area contributed by atoms with Gasteiger partial charge in [0.05, 0.1) is 28.8 Å². The topological polar surface area (TPSA) is 59.9 Å². The zero-order valence-electron chi connectivity index (χ0n) is 22.5. The van der Waals surface area contributed by atoms with Crippen molar-refractivity contribution in [1.29, 1.82) is 0 Å². The number of carbonyl (C=O) groups is 2. The zero-order valence-corrected chi connectivity index (χ0v) is 24.8. The number of pyridine rings is 2. The second-order valence-corrected chi connectivity index (χ2v) is 9.09. The summed E-state index contributed by atoms with van der Waals surface area (Å²) < 4.78 is 0. The number of ketones is 2. The summed E-state index contributed by atoms with van der Waals surface area (Å²) in [7, 11) is 0. The maximum Gasteiger partial charge on any atom is 0.137 e. The minimum atomic E-state index is -0.0625. The second-order valence-electron chi connectivity index (χ2n) is 9.09. The van der Waals surface area contributed by atoms with Crippen LogP contribution in [0.1, 0.15) is 20.3 Å². The number of Topliss-reactive ketones (excluding diaryl/α,β-unsaturated/α-hetero) is 2. The van der Waals surface area contributed by atoms with Gasteiger partial charge in [-0.1, -0.05) is 109 Å². The number of hydrogen-bond acceptors (Lipinski definition) is 4. The average Bonchev–Trinajstić information content (AvgIpc) is 2.97. The third-order valence-corrected chi connectivity index (χ3v) is 5.83. The number of para-hydroxylation sites is 2. The quantitative estimate of drug-likeness (QED) is 0.173. The molecule has 5 heteroatoms. The molecule has 2 aromatic heterocycles. The largest absolute Gasteiger partial charge is 0.300 e. The Kier molecular flexibility index (Phi) is 11.6. The van der Waals surface area contributed by atoms with E-state index in [1.165, 1.54) is 24.6 Å². The van der Waals surface area contributed by atoms with E-state index in [0.717, 1.165) is 33.5 Å². The van der Waals surface area contributed by atoms with Gasteiger partial charge < -0.3 is 0 Å².